The van der Waals surface area contributed by atoms with Crippen LogP contribution in [-0.2, 0) is 4.79 Å². The molecule has 1 aromatic carbocycles. The number of thioether (sulfide) groups is 1. The van der Waals surface area contributed by atoms with Crippen molar-refractivity contribution in [3.8, 4) is 11.4 Å². The van der Waals surface area contributed by atoms with Gasteiger partial charge in [-0.3, -0.25) is 14.7 Å². The number of hydrogen-bond acceptors (Lipinski definition) is 5. The van der Waals surface area contributed by atoms with Crippen LogP contribution in [-0.4, -0.2) is 37.8 Å². The molecule has 0 fully saturated rings. The van der Waals surface area contributed by atoms with Gasteiger partial charge in [-0.1, -0.05) is 43.0 Å². The second-order valence-corrected chi connectivity index (χ2v) is 4.95. The summed E-state index contributed by atoms with van der Waals surface area (Å²) < 4.78 is 0. The number of Topliss-reactive ketones (excluding diaryl/α,β-unsaturated/α-hetero) is 1. The number of nitrogens with one attached hydrogen (secondary N) is 1. The Morgan fingerprint density at radius 3 is 2.60 bits per heavy atom. The minimum Gasteiger partial charge on any atom is -0.481 e. The molecular formula is C13H13N3O3S. The Morgan fingerprint density at radius 2 is 2.00 bits per heavy atom. The van der Waals surface area contributed by atoms with Crippen LogP contribution in [0, 0.1) is 0 Å². The van der Waals surface area contributed by atoms with E-state index in [2.05, 4.69) is 15.2 Å². The molecule has 20 heavy (non-hydrogen) atoms. The maximum atomic E-state index is 11.5. The molecule has 2 aromatic rings. The minimum atomic E-state index is -0.913. The van der Waals surface area contributed by atoms with Crippen molar-refractivity contribution in [1.82, 2.24) is 15.2 Å². The van der Waals surface area contributed by atoms with E-state index in [4.69, 9.17) is 5.11 Å². The molecule has 0 unspecified atom stereocenters. The number of carboxylic acids is 1. The fourth-order valence-corrected chi connectivity index (χ4v) is 2.10. The summed E-state index contributed by atoms with van der Waals surface area (Å²) in [6.45, 7) is 1.82. The summed E-state index contributed by atoms with van der Waals surface area (Å²) in [6.07, 6.45) is 0.470. The number of ketones is 1. The summed E-state index contributed by atoms with van der Waals surface area (Å²) in [6, 6.07) is 7.06. The standard InChI is InChI=1S/C13H13N3O3S/c1-2-10(17)8-3-5-9(6-4-8)12-14-13(16-15-12)20-7-11(18)19/h3-6H,2,7H2,1H3,(H,18,19)(H,14,15,16). The molecule has 2 N–H and O–H groups in total. The lowest BCUT2D eigenvalue weighted by molar-refractivity contribution is -0.133. The van der Waals surface area contributed by atoms with Crippen molar-refractivity contribution >= 4 is 23.5 Å². The van der Waals surface area contributed by atoms with Crippen LogP contribution in [0.25, 0.3) is 11.4 Å². The highest BCUT2D eigenvalue weighted by molar-refractivity contribution is 7.99. The molecule has 7 heteroatoms. The lowest BCUT2D eigenvalue weighted by Crippen LogP contribution is -1.97. The van der Waals surface area contributed by atoms with Gasteiger partial charge < -0.3 is 5.11 Å². The zero-order valence-electron chi connectivity index (χ0n) is 10.8. The second kappa shape index (κ2) is 6.33. The van der Waals surface area contributed by atoms with Crippen molar-refractivity contribution in [2.45, 2.75) is 18.5 Å². The van der Waals surface area contributed by atoms with E-state index in [1.54, 1.807) is 24.3 Å². The quantitative estimate of drug-likeness (QED) is 0.626. The molecule has 0 amide bonds. The zero-order chi connectivity index (χ0) is 14.5. The fraction of sp³-hybridized carbons (Fsp3) is 0.231. The average molecular weight is 291 g/mol. The highest BCUT2D eigenvalue weighted by Gasteiger charge is 2.09. The van der Waals surface area contributed by atoms with Gasteiger partial charge in [0.2, 0.25) is 5.16 Å². The van der Waals surface area contributed by atoms with Crippen molar-refractivity contribution in [1.29, 1.82) is 0 Å². The average Bonchev–Trinajstić information content (AvgIpc) is 2.93. The number of carbonyl (C=O) groups is 2. The van der Waals surface area contributed by atoms with Gasteiger partial charge in [0.15, 0.2) is 11.6 Å². The first-order chi connectivity index (χ1) is 9.60. The lowest BCUT2D eigenvalue weighted by atomic mass is 10.1. The van der Waals surface area contributed by atoms with Crippen molar-refractivity contribution in [3.05, 3.63) is 29.8 Å². The minimum absolute atomic E-state index is 0.0821. The van der Waals surface area contributed by atoms with Gasteiger partial charge in [0, 0.05) is 17.5 Å². The molecular weight excluding hydrogens is 278 g/mol. The van der Waals surface area contributed by atoms with Gasteiger partial charge in [-0.2, -0.15) is 0 Å². The highest BCUT2D eigenvalue weighted by Crippen LogP contribution is 2.19. The molecule has 2 rings (SSSR count). The van der Waals surface area contributed by atoms with Crippen LogP contribution in [0.3, 0.4) is 0 Å². The zero-order valence-corrected chi connectivity index (χ0v) is 11.6. The molecule has 0 aliphatic rings. The number of rotatable bonds is 6. The Kier molecular flexibility index (Phi) is 4.52. The first-order valence-electron chi connectivity index (χ1n) is 6.00. The molecule has 0 spiro atoms. The van der Waals surface area contributed by atoms with Gasteiger partial charge in [0.25, 0.3) is 0 Å². The predicted octanol–water partition coefficient (Wildman–Crippen LogP) is 2.24. The molecule has 0 saturated carbocycles. The van der Waals surface area contributed by atoms with Gasteiger partial charge >= 0.3 is 5.97 Å². The van der Waals surface area contributed by atoms with Crippen LogP contribution in [0.15, 0.2) is 29.4 Å². The fourth-order valence-electron chi connectivity index (χ4n) is 1.58. The van der Waals surface area contributed by atoms with Crippen LogP contribution in [0.5, 0.6) is 0 Å². The Balaban J connectivity index is 2.11. The van der Waals surface area contributed by atoms with E-state index in [0.717, 1.165) is 17.3 Å². The molecule has 1 heterocycles. The van der Waals surface area contributed by atoms with E-state index in [-0.39, 0.29) is 11.5 Å². The number of benzene rings is 1. The Hall–Kier alpha value is -2.15. The molecule has 0 aliphatic heterocycles. The summed E-state index contributed by atoms with van der Waals surface area (Å²) in [4.78, 5) is 26.2. The van der Waals surface area contributed by atoms with Crippen molar-refractivity contribution in [2.75, 3.05) is 5.75 Å². The summed E-state index contributed by atoms with van der Waals surface area (Å²) in [5, 5.41) is 15.7. The SMILES string of the molecule is CCC(=O)c1ccc(-c2nc(SCC(=O)O)n[nH]2)cc1. The Labute approximate surface area is 119 Å². The molecule has 0 aliphatic carbocycles. The van der Waals surface area contributed by atoms with Crippen LogP contribution in [0.2, 0.25) is 0 Å². The molecule has 1 aromatic heterocycles. The summed E-state index contributed by atoms with van der Waals surface area (Å²) in [5.41, 5.74) is 1.46. The molecule has 6 nitrogen and oxygen atoms in total. The number of H-pyrrole nitrogens is 1. The Morgan fingerprint density at radius 1 is 1.30 bits per heavy atom. The smallest absolute Gasteiger partial charge is 0.313 e. The van der Waals surface area contributed by atoms with E-state index in [0.29, 0.717) is 23.0 Å². The van der Waals surface area contributed by atoms with E-state index in [1.165, 1.54) is 0 Å². The van der Waals surface area contributed by atoms with Crippen LogP contribution < -0.4 is 0 Å². The number of hydrogen-bond donors (Lipinski definition) is 2. The molecule has 0 saturated heterocycles. The van der Waals surface area contributed by atoms with Crippen LogP contribution in [0.1, 0.15) is 23.7 Å². The van der Waals surface area contributed by atoms with Crippen LogP contribution in [0.4, 0.5) is 0 Å². The van der Waals surface area contributed by atoms with Gasteiger partial charge in [-0.15, -0.1) is 5.10 Å². The van der Waals surface area contributed by atoms with E-state index in [9.17, 15) is 9.59 Å². The first-order valence-corrected chi connectivity index (χ1v) is 6.99. The topological polar surface area (TPSA) is 95.9 Å². The van der Waals surface area contributed by atoms with Crippen molar-refractivity contribution < 1.29 is 14.7 Å². The third-order valence-electron chi connectivity index (χ3n) is 2.59. The Bertz CT molecular complexity index is 622. The maximum Gasteiger partial charge on any atom is 0.313 e. The van der Waals surface area contributed by atoms with Gasteiger partial charge in [0.05, 0.1) is 5.75 Å². The number of carboxylic acid groups (broad SMARTS) is 1. The normalized spacial score (nSPS) is 10.4. The highest BCUT2D eigenvalue weighted by atomic mass is 32.2. The summed E-state index contributed by atoms with van der Waals surface area (Å²) in [5.74, 6) is -0.356. The summed E-state index contributed by atoms with van der Waals surface area (Å²) in [7, 11) is 0. The number of carbonyl (C=O) groups excluding carboxylic acids is 1. The largest absolute Gasteiger partial charge is 0.481 e. The number of aromatic nitrogens is 3. The van der Waals surface area contributed by atoms with E-state index < -0.39 is 5.97 Å². The van der Waals surface area contributed by atoms with Crippen molar-refractivity contribution in [3.63, 3.8) is 0 Å². The van der Waals surface area contributed by atoms with Crippen LogP contribution >= 0.6 is 11.8 Å². The van der Waals surface area contributed by atoms with E-state index >= 15 is 0 Å². The summed E-state index contributed by atoms with van der Waals surface area (Å²) >= 11 is 1.05. The lowest BCUT2D eigenvalue weighted by Gasteiger charge is -1.99. The van der Waals surface area contributed by atoms with Gasteiger partial charge in [0.1, 0.15) is 0 Å². The van der Waals surface area contributed by atoms with Gasteiger partial charge in [-0.05, 0) is 0 Å². The molecule has 0 bridgehead atoms. The van der Waals surface area contributed by atoms with Crippen molar-refractivity contribution in [2.24, 2.45) is 0 Å². The number of nitrogens with zero attached hydrogens (tertiary/aromatic N) is 2. The molecule has 104 valence electrons. The van der Waals surface area contributed by atoms with Gasteiger partial charge in [-0.25, -0.2) is 4.98 Å². The predicted molar refractivity (Wildman–Crippen MR) is 74.8 cm³/mol. The second-order valence-electron chi connectivity index (χ2n) is 4.00. The molecule has 0 atom stereocenters. The first kappa shape index (κ1) is 14.3. The monoisotopic (exact) mass is 291 g/mol. The molecule has 0 radical (unpaired) electrons. The third-order valence-corrected chi connectivity index (χ3v) is 3.42. The van der Waals surface area contributed by atoms with E-state index in [1.807, 2.05) is 6.92 Å². The number of aromatic amines is 1. The maximum absolute atomic E-state index is 11.5. The third kappa shape index (κ3) is 3.45. The number of aliphatic carboxylic acids is 1.